The number of aromatic nitrogens is 5. The monoisotopic (exact) mass is 393 g/mol. The molecule has 0 aliphatic heterocycles. The largest absolute Gasteiger partial charge is 0.317 e. The van der Waals surface area contributed by atoms with Gasteiger partial charge in [0.15, 0.2) is 6.80 Å². The van der Waals surface area contributed by atoms with E-state index in [4.69, 9.17) is 23.2 Å². The lowest BCUT2D eigenvalue weighted by Gasteiger charge is -2.08. The van der Waals surface area contributed by atoms with Crippen molar-refractivity contribution < 1.29 is 8.78 Å². The molecule has 4 aromatic rings. The molecular weight excluding hydrogens is 383 g/mol. The molecule has 0 saturated carbocycles. The van der Waals surface area contributed by atoms with Gasteiger partial charge in [0.2, 0.25) is 0 Å². The highest BCUT2D eigenvalue weighted by Crippen LogP contribution is 2.29. The van der Waals surface area contributed by atoms with Crippen molar-refractivity contribution in [1.82, 2.24) is 24.1 Å². The van der Waals surface area contributed by atoms with E-state index >= 15 is 0 Å². The zero-order chi connectivity index (χ0) is 18.3. The van der Waals surface area contributed by atoms with Crippen LogP contribution in [0.25, 0.3) is 22.4 Å². The Hall–Kier alpha value is -2.51. The molecule has 0 aliphatic carbocycles. The van der Waals surface area contributed by atoms with Crippen LogP contribution in [0, 0.1) is 5.82 Å². The third-order valence-electron chi connectivity index (χ3n) is 3.98. The van der Waals surface area contributed by atoms with Crippen molar-refractivity contribution in [1.29, 1.82) is 0 Å². The minimum atomic E-state index is -0.828. The lowest BCUT2D eigenvalue weighted by atomic mass is 10.2. The Morgan fingerprint density at radius 3 is 2.62 bits per heavy atom. The van der Waals surface area contributed by atoms with Crippen LogP contribution < -0.4 is 0 Å². The van der Waals surface area contributed by atoms with E-state index in [0.29, 0.717) is 34.1 Å². The van der Waals surface area contributed by atoms with Crippen molar-refractivity contribution >= 4 is 34.2 Å². The van der Waals surface area contributed by atoms with Gasteiger partial charge in [-0.25, -0.2) is 18.7 Å². The van der Waals surface area contributed by atoms with Gasteiger partial charge in [-0.05, 0) is 17.7 Å². The Morgan fingerprint density at radius 2 is 1.88 bits per heavy atom. The van der Waals surface area contributed by atoms with E-state index in [-0.39, 0.29) is 5.02 Å². The molecule has 132 valence electrons. The van der Waals surface area contributed by atoms with Crippen LogP contribution in [0.2, 0.25) is 10.2 Å². The van der Waals surface area contributed by atoms with E-state index in [9.17, 15) is 8.78 Å². The number of rotatable bonds is 4. The molecule has 1 aromatic carbocycles. The zero-order valence-corrected chi connectivity index (χ0v) is 14.7. The van der Waals surface area contributed by atoms with Crippen molar-refractivity contribution in [2.75, 3.05) is 0 Å². The van der Waals surface area contributed by atoms with E-state index in [1.54, 1.807) is 29.5 Å². The number of halogens is 4. The average molecular weight is 394 g/mol. The third kappa shape index (κ3) is 2.93. The van der Waals surface area contributed by atoms with E-state index < -0.39 is 12.6 Å². The summed E-state index contributed by atoms with van der Waals surface area (Å²) in [7, 11) is 0. The van der Waals surface area contributed by atoms with E-state index in [1.165, 1.54) is 16.7 Å². The van der Waals surface area contributed by atoms with Gasteiger partial charge >= 0.3 is 0 Å². The molecule has 3 aromatic heterocycles. The molecule has 9 heteroatoms. The second-order valence-electron chi connectivity index (χ2n) is 5.66. The number of benzene rings is 1. The molecule has 0 saturated heterocycles. The standard InChI is InChI=1S/C17H11Cl2F2N5/c18-12-2-15-14(3-13(12)21)24-17(26(15)8-20)11-1-10(4-22-5-11)7-25-9-23-6-16(25)19/h1-6,9H,7-8H2. The number of imidazole rings is 2. The number of pyridine rings is 1. The van der Waals surface area contributed by atoms with Crippen LogP contribution in [0.3, 0.4) is 0 Å². The molecule has 0 spiro atoms. The molecule has 3 heterocycles. The molecule has 4 rings (SSSR count). The first-order valence-electron chi connectivity index (χ1n) is 7.58. The van der Waals surface area contributed by atoms with Gasteiger partial charge in [0.25, 0.3) is 0 Å². The van der Waals surface area contributed by atoms with E-state index in [0.717, 1.165) is 5.56 Å². The highest BCUT2D eigenvalue weighted by molar-refractivity contribution is 6.31. The maximum atomic E-state index is 13.7. The van der Waals surface area contributed by atoms with Gasteiger partial charge in [0.05, 0.1) is 35.1 Å². The maximum absolute atomic E-state index is 13.7. The molecule has 5 nitrogen and oxygen atoms in total. The van der Waals surface area contributed by atoms with Crippen LogP contribution >= 0.6 is 23.2 Å². The second kappa shape index (κ2) is 6.66. The summed E-state index contributed by atoms with van der Waals surface area (Å²) >= 11 is 11.9. The molecule has 0 aliphatic rings. The van der Waals surface area contributed by atoms with Gasteiger partial charge < -0.3 is 4.57 Å². The Balaban J connectivity index is 1.80. The van der Waals surface area contributed by atoms with E-state index in [1.807, 2.05) is 6.07 Å². The Bertz CT molecular complexity index is 1110. The van der Waals surface area contributed by atoms with Crippen molar-refractivity contribution in [3.63, 3.8) is 0 Å². The Labute approximate surface area is 156 Å². The van der Waals surface area contributed by atoms with Crippen molar-refractivity contribution in [3.05, 3.63) is 64.7 Å². The van der Waals surface area contributed by atoms with Gasteiger partial charge in [-0.2, -0.15) is 0 Å². The van der Waals surface area contributed by atoms with Gasteiger partial charge in [-0.3, -0.25) is 9.55 Å². The number of fused-ring (bicyclic) bond motifs is 1. The molecule has 0 bridgehead atoms. The predicted molar refractivity (Wildman–Crippen MR) is 95.4 cm³/mol. The summed E-state index contributed by atoms with van der Waals surface area (Å²) in [6, 6.07) is 4.38. The Morgan fingerprint density at radius 1 is 1.04 bits per heavy atom. The van der Waals surface area contributed by atoms with Crippen LogP contribution in [0.1, 0.15) is 5.56 Å². The third-order valence-corrected chi connectivity index (χ3v) is 4.58. The summed E-state index contributed by atoms with van der Waals surface area (Å²) < 4.78 is 30.4. The summed E-state index contributed by atoms with van der Waals surface area (Å²) in [4.78, 5) is 12.5. The topological polar surface area (TPSA) is 48.5 Å². The number of alkyl halides is 1. The summed E-state index contributed by atoms with van der Waals surface area (Å²) in [5.74, 6) is -0.258. The first-order valence-corrected chi connectivity index (χ1v) is 8.33. The molecule has 26 heavy (non-hydrogen) atoms. The van der Waals surface area contributed by atoms with Crippen molar-refractivity contribution in [2.24, 2.45) is 0 Å². The molecular formula is C17H11Cl2F2N5. The summed E-state index contributed by atoms with van der Waals surface area (Å²) in [6.07, 6.45) is 6.40. The summed E-state index contributed by atoms with van der Waals surface area (Å²) in [5.41, 5.74) is 2.17. The van der Waals surface area contributed by atoms with Crippen LogP contribution in [-0.2, 0) is 13.3 Å². The maximum Gasteiger partial charge on any atom is 0.167 e. The predicted octanol–water partition coefficient (Wildman–Crippen LogP) is 4.72. The molecule has 0 radical (unpaired) electrons. The molecule has 0 unspecified atom stereocenters. The van der Waals surface area contributed by atoms with Crippen LogP contribution in [0.5, 0.6) is 0 Å². The molecule has 0 amide bonds. The number of hydrogen-bond acceptors (Lipinski definition) is 3. The fraction of sp³-hybridized carbons (Fsp3) is 0.118. The zero-order valence-electron chi connectivity index (χ0n) is 13.2. The van der Waals surface area contributed by atoms with Crippen molar-refractivity contribution in [2.45, 2.75) is 13.3 Å². The Kier molecular flexibility index (Phi) is 4.34. The van der Waals surface area contributed by atoms with Gasteiger partial charge in [-0.1, -0.05) is 23.2 Å². The molecule has 0 N–H and O–H groups in total. The summed E-state index contributed by atoms with van der Waals surface area (Å²) in [6.45, 7) is -0.374. The van der Waals surface area contributed by atoms with Crippen molar-refractivity contribution in [3.8, 4) is 11.4 Å². The first-order chi connectivity index (χ1) is 12.6. The van der Waals surface area contributed by atoms with Gasteiger partial charge in [-0.15, -0.1) is 0 Å². The highest BCUT2D eigenvalue weighted by Gasteiger charge is 2.16. The molecule has 0 fully saturated rings. The number of hydrogen-bond donors (Lipinski definition) is 0. The SMILES string of the molecule is FCn1c(-c2cncc(Cn3cncc3Cl)c2)nc2cc(F)c(Cl)cc21. The van der Waals surface area contributed by atoms with E-state index in [2.05, 4.69) is 15.0 Å². The minimum Gasteiger partial charge on any atom is -0.317 e. The lowest BCUT2D eigenvalue weighted by Crippen LogP contribution is -2.01. The van der Waals surface area contributed by atoms with Crippen LogP contribution in [0.15, 0.2) is 43.1 Å². The molecule has 0 atom stereocenters. The lowest BCUT2D eigenvalue weighted by molar-refractivity contribution is 0.387. The first kappa shape index (κ1) is 16.9. The number of nitrogens with zero attached hydrogens (tertiary/aromatic N) is 5. The fourth-order valence-electron chi connectivity index (χ4n) is 2.78. The van der Waals surface area contributed by atoms with Crippen LogP contribution in [0.4, 0.5) is 8.78 Å². The second-order valence-corrected chi connectivity index (χ2v) is 6.46. The quantitative estimate of drug-likeness (QED) is 0.504. The normalized spacial score (nSPS) is 11.4. The fourth-order valence-corrected chi connectivity index (χ4v) is 3.09. The minimum absolute atomic E-state index is 0.0831. The smallest absolute Gasteiger partial charge is 0.167 e. The van der Waals surface area contributed by atoms with Gasteiger partial charge in [0.1, 0.15) is 16.8 Å². The summed E-state index contributed by atoms with van der Waals surface area (Å²) in [5, 5.41) is 0.414. The average Bonchev–Trinajstić information content (AvgIpc) is 3.19. The van der Waals surface area contributed by atoms with Gasteiger partial charge in [0, 0.05) is 24.0 Å². The van der Waals surface area contributed by atoms with Crippen LogP contribution in [-0.4, -0.2) is 24.1 Å². The highest BCUT2D eigenvalue weighted by atomic mass is 35.5.